The lowest BCUT2D eigenvalue weighted by molar-refractivity contribution is 0.536. The number of aromatic nitrogens is 2. The van der Waals surface area contributed by atoms with Gasteiger partial charge in [-0.2, -0.15) is 9.89 Å². The van der Waals surface area contributed by atoms with Crippen LogP contribution in [0.3, 0.4) is 0 Å². The highest BCUT2D eigenvalue weighted by molar-refractivity contribution is 9.28. The van der Waals surface area contributed by atoms with Crippen molar-refractivity contribution in [1.82, 2.24) is 9.89 Å². The molecule has 0 saturated heterocycles. The van der Waals surface area contributed by atoms with Crippen molar-refractivity contribution < 1.29 is 0 Å². The van der Waals surface area contributed by atoms with Crippen LogP contribution in [-0.2, 0) is 6.42 Å². The molecule has 2 rings (SSSR count). The summed E-state index contributed by atoms with van der Waals surface area (Å²) in [6, 6.07) is 0. The van der Waals surface area contributed by atoms with Crippen LogP contribution in [0.2, 0.25) is 0 Å². The third kappa shape index (κ3) is 3.30. The Bertz CT molecular complexity index is 567. The molecule has 1 aromatic heterocycles. The average Bonchev–Trinajstić information content (AvgIpc) is 2.80. The molecule has 1 fully saturated rings. The minimum absolute atomic E-state index is 0.364. The van der Waals surface area contributed by atoms with Crippen LogP contribution < -0.4 is 5.01 Å². The van der Waals surface area contributed by atoms with E-state index in [-0.39, 0.29) is 0 Å². The second-order valence-corrected chi connectivity index (χ2v) is 9.56. The third-order valence-electron chi connectivity index (χ3n) is 5.28. The van der Waals surface area contributed by atoms with Crippen molar-refractivity contribution in [1.29, 1.82) is 0 Å². The van der Waals surface area contributed by atoms with Gasteiger partial charge in [-0.05, 0) is 88.8 Å². The van der Waals surface area contributed by atoms with Crippen LogP contribution in [0.1, 0.15) is 44.6 Å². The molecule has 0 radical (unpaired) electrons. The number of halogens is 2. The Morgan fingerprint density at radius 2 is 1.86 bits per heavy atom. The molecule has 3 nitrogen and oxygen atoms in total. The van der Waals surface area contributed by atoms with E-state index in [1.54, 1.807) is 0 Å². The SMILES string of the molecule is CCN(CC)n1nc(C)c(C[C@@H]2[C@H](C=C(Br)Br)C2(C)C)c1C. The van der Waals surface area contributed by atoms with Gasteiger partial charge in [0.1, 0.15) is 0 Å². The lowest BCUT2D eigenvalue weighted by atomic mass is 10.0. The summed E-state index contributed by atoms with van der Waals surface area (Å²) in [5.41, 5.74) is 4.26. The van der Waals surface area contributed by atoms with Gasteiger partial charge in [-0.25, -0.2) is 0 Å². The summed E-state index contributed by atoms with van der Waals surface area (Å²) in [4.78, 5) is 2.10. The van der Waals surface area contributed by atoms with Gasteiger partial charge in [0, 0.05) is 13.1 Å². The summed E-state index contributed by atoms with van der Waals surface area (Å²) in [7, 11) is 0. The molecule has 0 bridgehead atoms. The van der Waals surface area contributed by atoms with E-state index in [0.717, 1.165) is 22.9 Å². The second-order valence-electron chi connectivity index (χ2n) is 6.79. The van der Waals surface area contributed by atoms with Crippen molar-refractivity contribution in [2.75, 3.05) is 18.1 Å². The van der Waals surface area contributed by atoms with Crippen LogP contribution in [0, 0.1) is 31.1 Å². The predicted octanol–water partition coefficient (Wildman–Crippen LogP) is 4.92. The fourth-order valence-electron chi connectivity index (χ4n) is 3.59. The Morgan fingerprint density at radius 1 is 1.27 bits per heavy atom. The summed E-state index contributed by atoms with van der Waals surface area (Å²) in [6.45, 7) is 15.4. The molecular weight excluding hydrogens is 406 g/mol. The molecule has 2 atom stereocenters. The largest absolute Gasteiger partial charge is 0.297 e. The lowest BCUT2D eigenvalue weighted by Gasteiger charge is -2.22. The van der Waals surface area contributed by atoms with E-state index in [1.807, 2.05) is 0 Å². The maximum Gasteiger partial charge on any atom is 0.0649 e. The number of nitrogens with zero attached hydrogens (tertiary/aromatic N) is 3. The van der Waals surface area contributed by atoms with E-state index >= 15 is 0 Å². The van der Waals surface area contributed by atoms with Crippen molar-refractivity contribution in [2.24, 2.45) is 17.3 Å². The second kappa shape index (κ2) is 6.68. The molecule has 0 amide bonds. The number of hydrogen-bond donors (Lipinski definition) is 0. The summed E-state index contributed by atoms with van der Waals surface area (Å²) < 4.78 is 1.06. The van der Waals surface area contributed by atoms with E-state index in [9.17, 15) is 0 Å². The number of allylic oxidation sites excluding steroid dienone is 1. The van der Waals surface area contributed by atoms with Crippen molar-refractivity contribution in [2.45, 2.75) is 48.0 Å². The number of rotatable bonds is 6. The van der Waals surface area contributed by atoms with Gasteiger partial charge in [-0.15, -0.1) is 0 Å². The third-order valence-corrected chi connectivity index (χ3v) is 5.81. The maximum atomic E-state index is 4.78. The first kappa shape index (κ1) is 18.1. The molecule has 1 aliphatic carbocycles. The Morgan fingerprint density at radius 3 is 2.36 bits per heavy atom. The van der Waals surface area contributed by atoms with Crippen LogP contribution in [0.15, 0.2) is 9.47 Å². The molecule has 1 heterocycles. The van der Waals surface area contributed by atoms with Gasteiger partial charge in [0.2, 0.25) is 0 Å². The highest BCUT2D eigenvalue weighted by atomic mass is 79.9. The zero-order chi connectivity index (χ0) is 16.7. The van der Waals surface area contributed by atoms with E-state index in [4.69, 9.17) is 5.10 Å². The molecule has 0 spiro atoms. The van der Waals surface area contributed by atoms with Gasteiger partial charge in [0.15, 0.2) is 0 Å². The molecule has 1 aliphatic rings. The minimum atomic E-state index is 0.364. The van der Waals surface area contributed by atoms with E-state index in [2.05, 4.69) is 89.3 Å². The van der Waals surface area contributed by atoms with Crippen LogP contribution in [0.25, 0.3) is 0 Å². The number of aryl methyl sites for hydroxylation is 1. The zero-order valence-electron chi connectivity index (χ0n) is 14.5. The Hall–Kier alpha value is -0.290. The van der Waals surface area contributed by atoms with Crippen LogP contribution in [-0.4, -0.2) is 23.0 Å². The summed E-state index contributed by atoms with van der Waals surface area (Å²) >= 11 is 7.01. The predicted molar refractivity (Wildman–Crippen MR) is 101 cm³/mol. The smallest absolute Gasteiger partial charge is 0.0649 e. The maximum absolute atomic E-state index is 4.78. The molecule has 0 aromatic carbocycles. The lowest BCUT2D eigenvalue weighted by Crippen LogP contribution is -2.36. The Labute approximate surface area is 151 Å². The van der Waals surface area contributed by atoms with Crippen LogP contribution in [0.4, 0.5) is 0 Å². The van der Waals surface area contributed by atoms with Crippen LogP contribution >= 0.6 is 31.9 Å². The van der Waals surface area contributed by atoms with Gasteiger partial charge in [-0.3, -0.25) is 5.01 Å². The van der Waals surface area contributed by atoms with Gasteiger partial charge in [0.05, 0.1) is 14.8 Å². The summed E-state index contributed by atoms with van der Waals surface area (Å²) in [5, 5.41) is 7.05. The van der Waals surface area contributed by atoms with Crippen molar-refractivity contribution in [3.8, 4) is 0 Å². The standard InChI is InChI=1S/C17H27Br2N3/c1-7-21(8-2)22-12(4)13(11(3)20-22)9-14-15(10-16(18)19)17(14,5)6/h10,14-15H,7-9H2,1-6H3/t14-,15+/m1/s1. The van der Waals surface area contributed by atoms with Gasteiger partial charge in [0.25, 0.3) is 0 Å². The monoisotopic (exact) mass is 431 g/mol. The van der Waals surface area contributed by atoms with Crippen molar-refractivity contribution >= 4 is 31.9 Å². The Kier molecular flexibility index (Phi) is 5.48. The average molecular weight is 433 g/mol. The highest BCUT2D eigenvalue weighted by Crippen LogP contribution is 2.61. The van der Waals surface area contributed by atoms with Crippen molar-refractivity contribution in [3.63, 3.8) is 0 Å². The first-order valence-electron chi connectivity index (χ1n) is 8.07. The quantitative estimate of drug-likeness (QED) is 0.635. The van der Waals surface area contributed by atoms with E-state index < -0.39 is 0 Å². The Balaban J connectivity index is 2.23. The topological polar surface area (TPSA) is 21.1 Å². The fraction of sp³-hybridized carbons (Fsp3) is 0.706. The number of hydrogen-bond acceptors (Lipinski definition) is 2. The molecule has 0 N–H and O–H groups in total. The van der Waals surface area contributed by atoms with E-state index in [0.29, 0.717) is 17.3 Å². The van der Waals surface area contributed by atoms with Gasteiger partial charge >= 0.3 is 0 Å². The molecule has 1 saturated carbocycles. The molecule has 1 aromatic rings. The first-order valence-corrected chi connectivity index (χ1v) is 9.65. The van der Waals surface area contributed by atoms with Crippen LogP contribution in [0.5, 0.6) is 0 Å². The normalized spacial score (nSPS) is 22.5. The van der Waals surface area contributed by atoms with Gasteiger partial charge < -0.3 is 0 Å². The zero-order valence-corrected chi connectivity index (χ0v) is 17.6. The molecule has 22 heavy (non-hydrogen) atoms. The molecular formula is C17H27Br2N3. The molecule has 5 heteroatoms. The summed E-state index contributed by atoms with van der Waals surface area (Å²) in [6.07, 6.45) is 3.41. The fourth-order valence-corrected chi connectivity index (χ4v) is 4.15. The molecule has 0 unspecified atom stereocenters. The minimum Gasteiger partial charge on any atom is -0.297 e. The van der Waals surface area contributed by atoms with E-state index in [1.165, 1.54) is 17.0 Å². The highest BCUT2D eigenvalue weighted by Gasteiger charge is 2.56. The summed E-state index contributed by atoms with van der Waals surface area (Å²) in [5.74, 6) is 1.31. The molecule has 124 valence electrons. The molecule has 0 aliphatic heterocycles. The first-order chi connectivity index (χ1) is 10.2. The van der Waals surface area contributed by atoms with Crippen molar-refractivity contribution in [3.05, 3.63) is 26.4 Å². The van der Waals surface area contributed by atoms with Gasteiger partial charge in [-0.1, -0.05) is 19.9 Å².